The molecule has 0 radical (unpaired) electrons. The maximum atomic E-state index is 10.7. The summed E-state index contributed by atoms with van der Waals surface area (Å²) in [5.41, 5.74) is 0. The number of hydrogen-bond acceptors (Lipinski definition) is 4. The van der Waals surface area contributed by atoms with Gasteiger partial charge in [0.25, 0.3) is 0 Å². The maximum Gasteiger partial charge on any atom is 0.317 e. The van der Waals surface area contributed by atoms with Gasteiger partial charge < -0.3 is 4.74 Å². The van der Waals surface area contributed by atoms with E-state index in [0.29, 0.717) is 17.9 Å². The van der Waals surface area contributed by atoms with E-state index in [9.17, 15) is 4.79 Å². The molecule has 0 bridgehead atoms. The molecule has 14 heavy (non-hydrogen) atoms. The summed E-state index contributed by atoms with van der Waals surface area (Å²) in [7, 11) is 1.55. The normalized spacial score (nSPS) is 17.2. The van der Waals surface area contributed by atoms with Crippen LogP contribution in [0.25, 0.3) is 0 Å². The van der Waals surface area contributed by atoms with Crippen LogP contribution in [0, 0.1) is 0 Å². The Bertz CT molecular complexity index is 329. The van der Waals surface area contributed by atoms with Crippen LogP contribution >= 0.6 is 0 Å². The Labute approximate surface area is 82.1 Å². The third kappa shape index (κ3) is 1.38. The van der Waals surface area contributed by atoms with E-state index in [2.05, 4.69) is 10.2 Å². The van der Waals surface area contributed by atoms with E-state index < -0.39 is 0 Å². The fourth-order valence-electron chi connectivity index (χ4n) is 2.01. The molecule has 1 aliphatic rings. The molecule has 0 saturated heterocycles. The van der Waals surface area contributed by atoms with Crippen LogP contribution in [0.2, 0.25) is 0 Å². The Balaban J connectivity index is 2.36. The Morgan fingerprint density at radius 3 is 2.71 bits per heavy atom. The Morgan fingerprint density at radius 2 is 2.14 bits per heavy atom. The van der Waals surface area contributed by atoms with E-state index in [1.807, 2.05) is 0 Å². The summed E-state index contributed by atoms with van der Waals surface area (Å²) in [5.74, 6) is 0.369. The highest BCUT2D eigenvalue weighted by Gasteiger charge is 2.23. The number of rotatable bonds is 3. The SMILES string of the molecule is COc1nnc(C=O)n1C1CCCC1. The zero-order valence-electron chi connectivity index (χ0n) is 8.14. The van der Waals surface area contributed by atoms with Crippen molar-refractivity contribution in [1.29, 1.82) is 0 Å². The first-order valence-corrected chi connectivity index (χ1v) is 4.81. The third-order valence-corrected chi connectivity index (χ3v) is 2.67. The van der Waals surface area contributed by atoms with Crippen molar-refractivity contribution in [1.82, 2.24) is 14.8 Å². The van der Waals surface area contributed by atoms with E-state index in [4.69, 9.17) is 4.74 Å². The minimum atomic E-state index is 0.333. The highest BCUT2D eigenvalue weighted by atomic mass is 16.5. The number of aromatic nitrogens is 3. The summed E-state index contributed by atoms with van der Waals surface area (Å²) in [5, 5.41) is 7.58. The lowest BCUT2D eigenvalue weighted by atomic mass is 10.2. The van der Waals surface area contributed by atoms with Gasteiger partial charge in [-0.3, -0.25) is 9.36 Å². The summed E-state index contributed by atoms with van der Waals surface area (Å²) >= 11 is 0. The molecule has 1 heterocycles. The van der Waals surface area contributed by atoms with Gasteiger partial charge in [-0.1, -0.05) is 17.9 Å². The Hall–Kier alpha value is -1.39. The van der Waals surface area contributed by atoms with Crippen LogP contribution < -0.4 is 4.74 Å². The second kappa shape index (κ2) is 3.77. The molecule has 0 unspecified atom stereocenters. The molecule has 1 fully saturated rings. The molecule has 0 N–H and O–H groups in total. The predicted octanol–water partition coefficient (Wildman–Crippen LogP) is 1.21. The van der Waals surface area contributed by atoms with Gasteiger partial charge in [0.2, 0.25) is 0 Å². The molecule has 0 spiro atoms. The lowest BCUT2D eigenvalue weighted by Gasteiger charge is -2.13. The van der Waals surface area contributed by atoms with Gasteiger partial charge in [0.05, 0.1) is 7.11 Å². The first-order chi connectivity index (χ1) is 6.86. The van der Waals surface area contributed by atoms with Crippen LogP contribution in [0.1, 0.15) is 42.3 Å². The molecule has 0 atom stereocenters. The number of nitrogens with zero attached hydrogens (tertiary/aromatic N) is 3. The first-order valence-electron chi connectivity index (χ1n) is 4.81. The molecule has 1 aliphatic carbocycles. The number of carbonyl (C=O) groups excluding carboxylic acids is 1. The van der Waals surface area contributed by atoms with Crippen LogP contribution in [0.15, 0.2) is 0 Å². The fraction of sp³-hybridized carbons (Fsp3) is 0.667. The molecule has 5 nitrogen and oxygen atoms in total. The number of aldehydes is 1. The van der Waals surface area contributed by atoms with Gasteiger partial charge in [0.1, 0.15) is 0 Å². The molecule has 0 amide bonds. The summed E-state index contributed by atoms with van der Waals surface area (Å²) in [4.78, 5) is 10.7. The predicted molar refractivity (Wildman–Crippen MR) is 49.5 cm³/mol. The van der Waals surface area contributed by atoms with Crippen LogP contribution in [0.3, 0.4) is 0 Å². The summed E-state index contributed by atoms with van der Waals surface area (Å²) in [6.07, 6.45) is 5.28. The van der Waals surface area contributed by atoms with Crippen molar-refractivity contribution < 1.29 is 9.53 Å². The van der Waals surface area contributed by atoms with Crippen molar-refractivity contribution in [3.05, 3.63) is 5.82 Å². The van der Waals surface area contributed by atoms with E-state index in [-0.39, 0.29) is 0 Å². The van der Waals surface area contributed by atoms with Gasteiger partial charge in [-0.15, -0.1) is 5.10 Å². The first kappa shape index (κ1) is 9.18. The van der Waals surface area contributed by atoms with Gasteiger partial charge in [-0.25, -0.2) is 0 Å². The molecule has 1 aromatic rings. The van der Waals surface area contributed by atoms with Crippen molar-refractivity contribution >= 4 is 6.29 Å². The number of hydrogen-bond donors (Lipinski definition) is 0. The minimum Gasteiger partial charge on any atom is -0.467 e. The van der Waals surface area contributed by atoms with E-state index in [1.165, 1.54) is 12.8 Å². The number of ether oxygens (including phenoxy) is 1. The van der Waals surface area contributed by atoms with E-state index >= 15 is 0 Å². The second-order valence-corrected chi connectivity index (χ2v) is 3.47. The second-order valence-electron chi connectivity index (χ2n) is 3.47. The van der Waals surface area contributed by atoms with Crippen LogP contribution in [-0.4, -0.2) is 28.2 Å². The largest absolute Gasteiger partial charge is 0.467 e. The molecule has 2 rings (SSSR count). The molecule has 1 saturated carbocycles. The number of carbonyl (C=O) groups is 1. The Kier molecular flexibility index (Phi) is 2.47. The summed E-state index contributed by atoms with van der Waals surface area (Å²) in [6, 6.07) is 0.777. The lowest BCUT2D eigenvalue weighted by Crippen LogP contribution is -2.10. The molecule has 0 aliphatic heterocycles. The standard InChI is InChI=1S/C9H13N3O2/c1-14-9-11-10-8(6-13)12(9)7-4-2-3-5-7/h6-7H,2-5H2,1H3. The molecular formula is C9H13N3O2. The highest BCUT2D eigenvalue weighted by molar-refractivity contribution is 5.69. The molecule has 76 valence electrons. The average molecular weight is 195 g/mol. The molecule has 1 aromatic heterocycles. The highest BCUT2D eigenvalue weighted by Crippen LogP contribution is 2.32. The molecule has 5 heteroatoms. The van der Waals surface area contributed by atoms with Gasteiger partial charge in [0.15, 0.2) is 12.1 Å². The fourth-order valence-corrected chi connectivity index (χ4v) is 2.01. The topological polar surface area (TPSA) is 57.0 Å². The van der Waals surface area contributed by atoms with Crippen molar-refractivity contribution in [2.45, 2.75) is 31.7 Å². The lowest BCUT2D eigenvalue weighted by molar-refractivity contribution is 0.110. The zero-order valence-corrected chi connectivity index (χ0v) is 8.14. The van der Waals surface area contributed by atoms with Gasteiger partial charge in [0, 0.05) is 6.04 Å². The van der Waals surface area contributed by atoms with Crippen molar-refractivity contribution in [2.24, 2.45) is 0 Å². The smallest absolute Gasteiger partial charge is 0.317 e. The van der Waals surface area contributed by atoms with Gasteiger partial charge >= 0.3 is 6.01 Å². The van der Waals surface area contributed by atoms with E-state index in [0.717, 1.165) is 19.1 Å². The summed E-state index contributed by atoms with van der Waals surface area (Å²) < 4.78 is 6.88. The van der Waals surface area contributed by atoms with Crippen molar-refractivity contribution in [2.75, 3.05) is 7.11 Å². The average Bonchev–Trinajstić information content (AvgIpc) is 2.85. The van der Waals surface area contributed by atoms with Gasteiger partial charge in [-0.05, 0) is 12.8 Å². The minimum absolute atomic E-state index is 0.333. The van der Waals surface area contributed by atoms with Crippen LogP contribution in [-0.2, 0) is 0 Å². The molecule has 0 aromatic carbocycles. The van der Waals surface area contributed by atoms with Crippen molar-refractivity contribution in [3.8, 4) is 6.01 Å². The monoisotopic (exact) mass is 195 g/mol. The Morgan fingerprint density at radius 1 is 1.43 bits per heavy atom. The molecular weight excluding hydrogens is 182 g/mol. The quantitative estimate of drug-likeness (QED) is 0.680. The zero-order chi connectivity index (χ0) is 9.97. The number of methoxy groups -OCH3 is 1. The maximum absolute atomic E-state index is 10.7. The van der Waals surface area contributed by atoms with Crippen LogP contribution in [0.5, 0.6) is 6.01 Å². The van der Waals surface area contributed by atoms with Crippen molar-refractivity contribution in [3.63, 3.8) is 0 Å². The third-order valence-electron chi connectivity index (χ3n) is 2.67. The summed E-state index contributed by atoms with van der Waals surface area (Å²) in [6.45, 7) is 0. The van der Waals surface area contributed by atoms with Crippen LogP contribution in [0.4, 0.5) is 0 Å². The van der Waals surface area contributed by atoms with E-state index in [1.54, 1.807) is 11.7 Å². The van der Waals surface area contributed by atoms with Gasteiger partial charge in [-0.2, -0.15) is 0 Å².